The Hall–Kier alpha value is -1.35. The molecule has 0 radical (unpaired) electrons. The van der Waals surface area contributed by atoms with Crippen LogP contribution in [-0.4, -0.2) is 34.3 Å². The third kappa shape index (κ3) is 5.32. The number of hydrogen-bond donors (Lipinski definition) is 1. The Morgan fingerprint density at radius 2 is 2.07 bits per heavy atom. The number of likely N-dealkylation sites (tertiary alicyclic amines) is 1. The van der Waals surface area contributed by atoms with E-state index in [2.05, 4.69) is 17.9 Å². The van der Waals surface area contributed by atoms with Crippen LogP contribution in [0, 0.1) is 21.4 Å². The topological polar surface area (TPSA) is 90.4 Å². The van der Waals surface area contributed by atoms with E-state index in [-0.39, 0.29) is 6.04 Å². The van der Waals surface area contributed by atoms with Crippen molar-refractivity contribution in [1.82, 2.24) is 4.90 Å². The smallest absolute Gasteiger partial charge is 0.291 e. The van der Waals surface area contributed by atoms with Gasteiger partial charge in [-0.2, -0.15) is 5.26 Å². The molecule has 1 saturated heterocycles. The second kappa shape index (κ2) is 7.09. The summed E-state index contributed by atoms with van der Waals surface area (Å²) in [6.07, 6.45) is 3.52. The normalized spacial score (nSPS) is 17.7. The summed E-state index contributed by atoms with van der Waals surface area (Å²) in [7, 11) is 0. The van der Waals surface area contributed by atoms with Gasteiger partial charge in [0.2, 0.25) is 0 Å². The first kappa shape index (κ1) is 12.7. The van der Waals surface area contributed by atoms with Crippen molar-refractivity contribution in [1.29, 1.82) is 5.26 Å². The minimum atomic E-state index is -1.50. The molecule has 6 heteroatoms. The maximum Gasteiger partial charge on any atom is 0.291 e. The van der Waals surface area contributed by atoms with Gasteiger partial charge >= 0.3 is 0 Å². The molecule has 0 saturated carbocycles. The van der Waals surface area contributed by atoms with E-state index in [4.69, 9.17) is 20.6 Å². The number of rotatable bonds is 2. The Labute approximate surface area is 82.8 Å². The van der Waals surface area contributed by atoms with Crippen LogP contribution in [0.4, 0.5) is 0 Å². The van der Waals surface area contributed by atoms with Crippen molar-refractivity contribution in [2.24, 2.45) is 0 Å². The average molecular weight is 201 g/mol. The van der Waals surface area contributed by atoms with Gasteiger partial charge in [0.15, 0.2) is 0 Å². The summed E-state index contributed by atoms with van der Waals surface area (Å²) in [6.45, 7) is 4.34. The van der Waals surface area contributed by atoms with Crippen molar-refractivity contribution < 1.29 is 10.3 Å². The lowest BCUT2D eigenvalue weighted by Crippen LogP contribution is -2.30. The third-order valence-corrected chi connectivity index (χ3v) is 2.12. The molecule has 6 nitrogen and oxygen atoms in total. The number of nitriles is 1. The van der Waals surface area contributed by atoms with Gasteiger partial charge in [-0.05, 0) is 32.4 Å². The molecule has 14 heavy (non-hydrogen) atoms. The molecular weight excluding hydrogens is 186 g/mol. The lowest BCUT2D eigenvalue weighted by Gasteiger charge is -2.18. The Morgan fingerprint density at radius 1 is 1.64 bits per heavy atom. The molecule has 1 fully saturated rings. The molecule has 80 valence electrons. The quantitative estimate of drug-likeness (QED) is 0.532. The van der Waals surface area contributed by atoms with Crippen molar-refractivity contribution in [3.63, 3.8) is 0 Å². The number of hydrogen-bond acceptors (Lipinski definition) is 4. The second-order valence-corrected chi connectivity index (χ2v) is 3.03. The van der Waals surface area contributed by atoms with Gasteiger partial charge in [-0.3, -0.25) is 4.90 Å². The van der Waals surface area contributed by atoms with Crippen LogP contribution in [0.2, 0.25) is 0 Å². The van der Waals surface area contributed by atoms with Crippen LogP contribution in [0.25, 0.3) is 0 Å². The van der Waals surface area contributed by atoms with Crippen molar-refractivity contribution in [3.05, 3.63) is 10.1 Å². The van der Waals surface area contributed by atoms with Crippen LogP contribution < -0.4 is 0 Å². The highest BCUT2D eigenvalue weighted by molar-refractivity contribution is 4.92. The molecule has 1 heterocycles. The maximum absolute atomic E-state index is 8.69. The van der Waals surface area contributed by atoms with Gasteiger partial charge in [0.25, 0.3) is 5.09 Å². The summed E-state index contributed by atoms with van der Waals surface area (Å²) in [5, 5.41) is 22.3. The van der Waals surface area contributed by atoms with Gasteiger partial charge in [-0.25, -0.2) is 0 Å². The molecule has 0 aromatic carbocycles. The first-order valence-corrected chi connectivity index (χ1v) is 4.58. The fourth-order valence-corrected chi connectivity index (χ4v) is 1.48. The van der Waals surface area contributed by atoms with Gasteiger partial charge in [0.05, 0.1) is 12.1 Å². The van der Waals surface area contributed by atoms with E-state index in [9.17, 15) is 0 Å². The van der Waals surface area contributed by atoms with Gasteiger partial charge in [-0.15, -0.1) is 10.1 Å². The van der Waals surface area contributed by atoms with Crippen molar-refractivity contribution >= 4 is 0 Å². The van der Waals surface area contributed by atoms with Crippen LogP contribution in [0.3, 0.4) is 0 Å². The Bertz CT molecular complexity index is 204. The van der Waals surface area contributed by atoms with Gasteiger partial charge in [-0.1, -0.05) is 6.92 Å². The first-order chi connectivity index (χ1) is 6.61. The minimum Gasteiger partial charge on any atom is -0.328 e. The van der Waals surface area contributed by atoms with Crippen molar-refractivity contribution in [3.8, 4) is 6.07 Å². The van der Waals surface area contributed by atoms with Crippen molar-refractivity contribution in [2.45, 2.75) is 32.2 Å². The highest BCUT2D eigenvalue weighted by Crippen LogP contribution is 2.12. The summed E-state index contributed by atoms with van der Waals surface area (Å²) in [4.78, 5) is 10.6. The third-order valence-electron chi connectivity index (χ3n) is 2.12. The van der Waals surface area contributed by atoms with E-state index in [0.29, 0.717) is 0 Å². The fourth-order valence-electron chi connectivity index (χ4n) is 1.48. The molecule has 0 aliphatic carbocycles. The molecule has 1 atom stereocenters. The lowest BCUT2D eigenvalue weighted by atomic mass is 10.2. The standard InChI is InChI=1S/C8H14N2.HNO3/c1-2-8(7-9)10-5-3-4-6-10;2-1(3)4/h8H,2-6H2,1H3;(H,2,3,4). The molecule has 0 bridgehead atoms. The molecule has 0 aromatic heterocycles. The molecule has 0 spiro atoms. The second-order valence-electron chi connectivity index (χ2n) is 3.03. The highest BCUT2D eigenvalue weighted by Gasteiger charge is 2.18. The average Bonchev–Trinajstić information content (AvgIpc) is 2.58. The van der Waals surface area contributed by atoms with Crippen LogP contribution >= 0.6 is 0 Å². The summed E-state index contributed by atoms with van der Waals surface area (Å²) in [5.74, 6) is 0. The first-order valence-electron chi connectivity index (χ1n) is 4.58. The lowest BCUT2D eigenvalue weighted by molar-refractivity contribution is -0.742. The van der Waals surface area contributed by atoms with E-state index in [1.165, 1.54) is 12.8 Å². The molecule has 1 aliphatic heterocycles. The SMILES string of the molecule is CCC(C#N)N1CCCC1.O=[N+]([O-])O. The van der Waals surface area contributed by atoms with Gasteiger partial charge in [0.1, 0.15) is 0 Å². The van der Waals surface area contributed by atoms with Crippen LogP contribution in [0.15, 0.2) is 0 Å². The zero-order valence-corrected chi connectivity index (χ0v) is 8.22. The van der Waals surface area contributed by atoms with E-state index < -0.39 is 5.09 Å². The van der Waals surface area contributed by atoms with Crippen molar-refractivity contribution in [2.75, 3.05) is 13.1 Å². The summed E-state index contributed by atoms with van der Waals surface area (Å²) < 4.78 is 0. The summed E-state index contributed by atoms with van der Waals surface area (Å²) in [6, 6.07) is 2.50. The Morgan fingerprint density at radius 3 is 2.36 bits per heavy atom. The molecule has 1 unspecified atom stereocenters. The van der Waals surface area contributed by atoms with Gasteiger partial charge < -0.3 is 5.21 Å². The van der Waals surface area contributed by atoms with Crippen LogP contribution in [0.5, 0.6) is 0 Å². The number of nitrogens with zero attached hydrogens (tertiary/aromatic N) is 3. The molecule has 1 aliphatic rings. The summed E-state index contributed by atoms with van der Waals surface area (Å²) >= 11 is 0. The highest BCUT2D eigenvalue weighted by atomic mass is 16.9. The monoisotopic (exact) mass is 201 g/mol. The van der Waals surface area contributed by atoms with Crippen LogP contribution in [-0.2, 0) is 0 Å². The zero-order chi connectivity index (χ0) is 11.0. The van der Waals surface area contributed by atoms with Gasteiger partial charge in [0, 0.05) is 0 Å². The maximum atomic E-state index is 8.69. The Kier molecular flexibility index (Phi) is 6.41. The van der Waals surface area contributed by atoms with Crippen LogP contribution in [0.1, 0.15) is 26.2 Å². The van der Waals surface area contributed by atoms with E-state index in [0.717, 1.165) is 19.5 Å². The molecular formula is C8H15N3O3. The molecule has 0 amide bonds. The van der Waals surface area contributed by atoms with E-state index in [1.807, 2.05) is 0 Å². The van der Waals surface area contributed by atoms with E-state index >= 15 is 0 Å². The van der Waals surface area contributed by atoms with E-state index in [1.54, 1.807) is 0 Å². The predicted octanol–water partition coefficient (Wildman–Crippen LogP) is 1.04. The fraction of sp³-hybridized carbons (Fsp3) is 0.875. The predicted molar refractivity (Wildman–Crippen MR) is 49.3 cm³/mol. The largest absolute Gasteiger partial charge is 0.328 e. The Balaban J connectivity index is 0.000000364. The zero-order valence-electron chi connectivity index (χ0n) is 8.22. The minimum absolute atomic E-state index is 0.183. The summed E-state index contributed by atoms with van der Waals surface area (Å²) in [5.41, 5.74) is 0. The molecule has 1 rings (SSSR count). The molecule has 0 aromatic rings. The molecule has 1 N–H and O–H groups in total.